The maximum atomic E-state index is 13.1. The molecule has 3 atom stereocenters. The molecule has 21 heavy (non-hydrogen) atoms. The smallest absolute Gasteiger partial charge is 0.240 e. The van der Waals surface area contributed by atoms with E-state index in [-0.39, 0.29) is 23.7 Å². The van der Waals surface area contributed by atoms with E-state index in [1.54, 1.807) is 7.11 Å². The maximum Gasteiger partial charge on any atom is 0.240 e. The zero-order chi connectivity index (χ0) is 15.0. The minimum Gasteiger partial charge on any atom is -0.383 e. The Labute approximate surface area is 125 Å². The highest BCUT2D eigenvalue weighted by atomic mass is 16.5. The summed E-state index contributed by atoms with van der Waals surface area (Å²) in [6.45, 7) is 5.32. The molecule has 0 radical (unpaired) electrons. The standard InChI is InChI=1S/C17H23NO3/c1-12-10-17(8-4-3-7-14(12)15(17)19)16(20)18-9-5-6-13(18)11-21-2/h4,8,13-14H,1,3,5-7,9-11H2,2H3/t13-,14?,17?/m0/s1. The Bertz CT molecular complexity index is 510. The van der Waals surface area contributed by atoms with Crippen molar-refractivity contribution in [3.8, 4) is 0 Å². The first-order valence-electron chi connectivity index (χ1n) is 7.80. The summed E-state index contributed by atoms with van der Waals surface area (Å²) in [6.07, 6.45) is 7.94. The van der Waals surface area contributed by atoms with Crippen molar-refractivity contribution < 1.29 is 14.3 Å². The average Bonchev–Trinajstić information content (AvgIpc) is 2.94. The molecule has 0 spiro atoms. The summed E-state index contributed by atoms with van der Waals surface area (Å²) in [4.78, 5) is 27.8. The Kier molecular flexibility index (Phi) is 3.74. The van der Waals surface area contributed by atoms with Gasteiger partial charge in [0, 0.05) is 19.6 Å². The lowest BCUT2D eigenvalue weighted by Crippen LogP contribution is -2.49. The van der Waals surface area contributed by atoms with Gasteiger partial charge in [0.05, 0.1) is 12.6 Å². The third-order valence-electron chi connectivity index (χ3n) is 5.16. The van der Waals surface area contributed by atoms with Gasteiger partial charge in [-0.25, -0.2) is 0 Å². The van der Waals surface area contributed by atoms with E-state index in [1.165, 1.54) is 0 Å². The van der Waals surface area contributed by atoms with E-state index in [2.05, 4.69) is 6.58 Å². The molecule has 114 valence electrons. The van der Waals surface area contributed by atoms with Crippen LogP contribution in [0.4, 0.5) is 0 Å². The van der Waals surface area contributed by atoms with Gasteiger partial charge in [-0.05, 0) is 32.1 Å². The first-order valence-corrected chi connectivity index (χ1v) is 7.80. The predicted octanol–water partition coefficient (Wildman–Crippen LogP) is 2.11. The lowest BCUT2D eigenvalue weighted by molar-refractivity contribution is -0.146. The lowest BCUT2D eigenvalue weighted by Gasteiger charge is -2.32. The Morgan fingerprint density at radius 2 is 2.33 bits per heavy atom. The second kappa shape index (κ2) is 5.41. The normalized spacial score (nSPS) is 35.4. The number of Topliss-reactive ketones (excluding diaryl/α,β-unsaturated/α-hetero) is 1. The van der Waals surface area contributed by atoms with Crippen LogP contribution in [0.15, 0.2) is 24.3 Å². The second-order valence-corrected chi connectivity index (χ2v) is 6.45. The fraction of sp³-hybridized carbons (Fsp3) is 0.647. The number of hydrogen-bond donors (Lipinski definition) is 0. The minimum atomic E-state index is -0.978. The van der Waals surface area contributed by atoms with Gasteiger partial charge in [0.1, 0.15) is 5.41 Å². The highest BCUT2D eigenvalue weighted by Gasteiger charge is 2.55. The average molecular weight is 289 g/mol. The number of allylic oxidation sites excluding steroid dienone is 2. The first kappa shape index (κ1) is 14.5. The molecule has 4 nitrogen and oxygen atoms in total. The molecule has 4 heteroatoms. The van der Waals surface area contributed by atoms with E-state index in [0.717, 1.165) is 37.8 Å². The molecule has 1 amide bonds. The van der Waals surface area contributed by atoms with E-state index >= 15 is 0 Å². The fourth-order valence-corrected chi connectivity index (χ4v) is 4.07. The molecule has 0 N–H and O–H groups in total. The van der Waals surface area contributed by atoms with Crippen LogP contribution < -0.4 is 0 Å². The third kappa shape index (κ3) is 2.16. The number of nitrogens with zero attached hydrogens (tertiary/aromatic N) is 1. The van der Waals surface area contributed by atoms with Crippen molar-refractivity contribution in [2.45, 2.75) is 38.1 Å². The maximum absolute atomic E-state index is 13.1. The van der Waals surface area contributed by atoms with Crippen LogP contribution in [0.5, 0.6) is 0 Å². The SMILES string of the molecule is C=C1CC2(C(=O)N3CCC[C@H]3COC)C=CCCC1C2=O. The van der Waals surface area contributed by atoms with Crippen LogP contribution in [0.1, 0.15) is 32.1 Å². The number of ketones is 1. The summed E-state index contributed by atoms with van der Waals surface area (Å²) >= 11 is 0. The van der Waals surface area contributed by atoms with Crippen molar-refractivity contribution in [1.29, 1.82) is 0 Å². The third-order valence-corrected chi connectivity index (χ3v) is 5.16. The molecule has 2 unspecified atom stereocenters. The number of carbonyl (C=O) groups is 2. The molecule has 0 aromatic carbocycles. The van der Waals surface area contributed by atoms with Gasteiger partial charge in [0.15, 0.2) is 5.78 Å². The van der Waals surface area contributed by atoms with Gasteiger partial charge < -0.3 is 9.64 Å². The molecule has 1 heterocycles. The summed E-state index contributed by atoms with van der Waals surface area (Å²) in [5.41, 5.74) is -0.0469. The zero-order valence-corrected chi connectivity index (χ0v) is 12.6. The van der Waals surface area contributed by atoms with Crippen LogP contribution in [0, 0.1) is 11.3 Å². The summed E-state index contributed by atoms with van der Waals surface area (Å²) in [5, 5.41) is 0. The first-order chi connectivity index (χ1) is 10.1. The highest BCUT2D eigenvalue weighted by Crippen LogP contribution is 2.48. The van der Waals surface area contributed by atoms with Crippen LogP contribution in [0.3, 0.4) is 0 Å². The van der Waals surface area contributed by atoms with E-state index < -0.39 is 5.41 Å². The van der Waals surface area contributed by atoms with Crippen LogP contribution in [0.25, 0.3) is 0 Å². The van der Waals surface area contributed by atoms with Crippen LogP contribution >= 0.6 is 0 Å². The predicted molar refractivity (Wildman–Crippen MR) is 79.7 cm³/mol. The van der Waals surface area contributed by atoms with Crippen molar-refractivity contribution in [3.05, 3.63) is 24.3 Å². The van der Waals surface area contributed by atoms with Gasteiger partial charge in [0.2, 0.25) is 5.91 Å². The minimum absolute atomic E-state index is 0.0335. The molecule has 2 aliphatic carbocycles. The number of hydrogen-bond acceptors (Lipinski definition) is 3. The molecular formula is C17H23NO3. The van der Waals surface area contributed by atoms with Gasteiger partial charge in [-0.3, -0.25) is 9.59 Å². The molecule has 1 aliphatic heterocycles. The van der Waals surface area contributed by atoms with Gasteiger partial charge in [0.25, 0.3) is 0 Å². The van der Waals surface area contributed by atoms with Crippen molar-refractivity contribution in [3.63, 3.8) is 0 Å². The van der Waals surface area contributed by atoms with Crippen LogP contribution in [-0.2, 0) is 14.3 Å². The Hall–Kier alpha value is -1.42. The summed E-state index contributed by atoms with van der Waals surface area (Å²) in [6, 6.07) is 0.105. The van der Waals surface area contributed by atoms with Crippen molar-refractivity contribution >= 4 is 11.7 Å². The quantitative estimate of drug-likeness (QED) is 0.590. The molecular weight excluding hydrogens is 266 g/mol. The molecule has 2 fully saturated rings. The molecule has 3 aliphatic rings. The topological polar surface area (TPSA) is 46.6 Å². The van der Waals surface area contributed by atoms with E-state index in [9.17, 15) is 9.59 Å². The van der Waals surface area contributed by atoms with Crippen molar-refractivity contribution in [2.75, 3.05) is 20.3 Å². The highest BCUT2D eigenvalue weighted by molar-refractivity contribution is 6.12. The van der Waals surface area contributed by atoms with Crippen molar-refractivity contribution in [2.24, 2.45) is 11.3 Å². The van der Waals surface area contributed by atoms with Crippen LogP contribution in [-0.4, -0.2) is 42.9 Å². The lowest BCUT2D eigenvalue weighted by atomic mass is 9.82. The summed E-state index contributed by atoms with van der Waals surface area (Å²) in [7, 11) is 1.66. The molecule has 1 saturated heterocycles. The number of ether oxygens (including phenoxy) is 1. The van der Waals surface area contributed by atoms with Gasteiger partial charge in [-0.1, -0.05) is 24.3 Å². The zero-order valence-electron chi connectivity index (χ0n) is 12.6. The van der Waals surface area contributed by atoms with Gasteiger partial charge in [-0.15, -0.1) is 0 Å². The number of carbonyl (C=O) groups excluding carboxylic acids is 2. The molecule has 1 saturated carbocycles. The Morgan fingerprint density at radius 3 is 3.10 bits per heavy atom. The largest absolute Gasteiger partial charge is 0.383 e. The Balaban J connectivity index is 1.92. The fourth-order valence-electron chi connectivity index (χ4n) is 4.07. The number of methoxy groups -OCH3 is 1. The van der Waals surface area contributed by atoms with Crippen LogP contribution in [0.2, 0.25) is 0 Å². The summed E-state index contributed by atoms with van der Waals surface area (Å²) in [5.74, 6) is -0.101. The van der Waals surface area contributed by atoms with E-state index in [4.69, 9.17) is 4.74 Å². The number of fused-ring (bicyclic) bond motifs is 2. The van der Waals surface area contributed by atoms with E-state index in [1.807, 2.05) is 17.1 Å². The molecule has 0 aromatic heterocycles. The second-order valence-electron chi connectivity index (χ2n) is 6.45. The van der Waals surface area contributed by atoms with Gasteiger partial charge in [-0.2, -0.15) is 0 Å². The molecule has 3 rings (SSSR count). The molecule has 2 bridgehead atoms. The number of likely N-dealkylation sites (tertiary alicyclic amines) is 1. The van der Waals surface area contributed by atoms with Crippen molar-refractivity contribution in [1.82, 2.24) is 4.90 Å². The monoisotopic (exact) mass is 289 g/mol. The van der Waals surface area contributed by atoms with Gasteiger partial charge >= 0.3 is 0 Å². The number of rotatable bonds is 3. The Morgan fingerprint density at radius 1 is 1.52 bits per heavy atom. The summed E-state index contributed by atoms with van der Waals surface area (Å²) < 4.78 is 5.23. The molecule has 0 aromatic rings. The van der Waals surface area contributed by atoms with E-state index in [0.29, 0.717) is 13.0 Å². The number of amides is 1.